The Labute approximate surface area is 101 Å². The lowest BCUT2D eigenvalue weighted by Gasteiger charge is -2.09. The number of hydrogen-bond acceptors (Lipinski definition) is 4. The van der Waals surface area contributed by atoms with Gasteiger partial charge in [-0.05, 0) is 24.3 Å². The highest BCUT2D eigenvalue weighted by Crippen LogP contribution is 2.13. The van der Waals surface area contributed by atoms with Crippen molar-refractivity contribution in [3.63, 3.8) is 0 Å². The van der Waals surface area contributed by atoms with Crippen LogP contribution in [0, 0.1) is 11.3 Å². The van der Waals surface area contributed by atoms with Gasteiger partial charge in [0.1, 0.15) is 5.75 Å². The van der Waals surface area contributed by atoms with E-state index in [1.165, 1.54) is 0 Å². The van der Waals surface area contributed by atoms with Crippen molar-refractivity contribution in [1.29, 1.82) is 5.26 Å². The molecule has 0 bridgehead atoms. The molecule has 0 aliphatic heterocycles. The zero-order valence-corrected chi connectivity index (χ0v) is 10.2. The van der Waals surface area contributed by atoms with E-state index in [1.807, 2.05) is 12.1 Å². The molecule has 1 unspecified atom stereocenters. The lowest BCUT2D eigenvalue weighted by molar-refractivity contribution is 0.344. The minimum Gasteiger partial charge on any atom is -0.493 e. The highest BCUT2D eigenvalue weighted by atomic mass is 32.2. The zero-order valence-electron chi connectivity index (χ0n) is 9.35. The maximum Gasteiger partial charge on any atom is 0.119 e. The molecule has 86 valence electrons. The van der Waals surface area contributed by atoms with Gasteiger partial charge >= 0.3 is 0 Å². The fourth-order valence-electron chi connectivity index (χ4n) is 1.10. The first kappa shape index (κ1) is 12.9. The average molecular weight is 236 g/mol. The van der Waals surface area contributed by atoms with E-state index in [0.717, 1.165) is 11.5 Å². The van der Waals surface area contributed by atoms with Crippen molar-refractivity contribution >= 4 is 11.8 Å². The summed E-state index contributed by atoms with van der Waals surface area (Å²) in [5.74, 6) is 1.73. The van der Waals surface area contributed by atoms with Gasteiger partial charge in [-0.1, -0.05) is 6.92 Å². The molecule has 0 fully saturated rings. The summed E-state index contributed by atoms with van der Waals surface area (Å²) < 4.78 is 5.53. The number of hydrogen-bond donors (Lipinski definition) is 1. The van der Waals surface area contributed by atoms with E-state index in [4.69, 9.17) is 15.7 Å². The van der Waals surface area contributed by atoms with Crippen LogP contribution in [0.1, 0.15) is 12.5 Å². The first-order valence-corrected chi connectivity index (χ1v) is 6.25. The second-order valence-corrected chi connectivity index (χ2v) is 4.95. The van der Waals surface area contributed by atoms with Gasteiger partial charge in [-0.2, -0.15) is 17.0 Å². The largest absolute Gasteiger partial charge is 0.493 e. The van der Waals surface area contributed by atoms with Crippen LogP contribution in [0.3, 0.4) is 0 Å². The molecular weight excluding hydrogens is 220 g/mol. The first-order chi connectivity index (χ1) is 7.76. The SMILES string of the molecule is CC(CN)SCCOc1ccc(C#N)cc1. The molecule has 0 heterocycles. The van der Waals surface area contributed by atoms with E-state index in [1.54, 1.807) is 23.9 Å². The van der Waals surface area contributed by atoms with Crippen LogP contribution in [0.25, 0.3) is 0 Å². The van der Waals surface area contributed by atoms with Crippen LogP contribution in [0.2, 0.25) is 0 Å². The van der Waals surface area contributed by atoms with Gasteiger partial charge in [0.2, 0.25) is 0 Å². The molecule has 0 aromatic heterocycles. The molecule has 1 rings (SSSR count). The molecule has 0 saturated carbocycles. The minimum absolute atomic E-state index is 0.476. The van der Waals surface area contributed by atoms with Gasteiger partial charge in [0.05, 0.1) is 18.2 Å². The molecule has 0 aliphatic rings. The predicted molar refractivity (Wildman–Crippen MR) is 67.6 cm³/mol. The van der Waals surface area contributed by atoms with Crippen LogP contribution in [-0.2, 0) is 0 Å². The van der Waals surface area contributed by atoms with Gasteiger partial charge in [-0.15, -0.1) is 0 Å². The van der Waals surface area contributed by atoms with Gasteiger partial charge in [-0.25, -0.2) is 0 Å². The van der Waals surface area contributed by atoms with E-state index in [2.05, 4.69) is 13.0 Å². The molecule has 1 atom stereocenters. The van der Waals surface area contributed by atoms with Crippen LogP contribution in [0.5, 0.6) is 5.75 Å². The number of ether oxygens (including phenoxy) is 1. The fourth-order valence-corrected chi connectivity index (χ4v) is 1.82. The number of thioether (sulfide) groups is 1. The van der Waals surface area contributed by atoms with E-state index in [9.17, 15) is 0 Å². The Kier molecular flexibility index (Phi) is 5.76. The van der Waals surface area contributed by atoms with Crippen LogP contribution < -0.4 is 10.5 Å². The van der Waals surface area contributed by atoms with Gasteiger partial charge in [0.15, 0.2) is 0 Å². The third-order valence-corrected chi connectivity index (χ3v) is 3.23. The summed E-state index contributed by atoms with van der Waals surface area (Å²) in [4.78, 5) is 0. The van der Waals surface area contributed by atoms with E-state index in [-0.39, 0.29) is 0 Å². The van der Waals surface area contributed by atoms with Crippen LogP contribution in [0.4, 0.5) is 0 Å². The smallest absolute Gasteiger partial charge is 0.119 e. The first-order valence-electron chi connectivity index (χ1n) is 5.21. The zero-order chi connectivity index (χ0) is 11.8. The van der Waals surface area contributed by atoms with Crippen molar-refractivity contribution < 1.29 is 4.74 Å². The van der Waals surface area contributed by atoms with Crippen molar-refractivity contribution in [2.45, 2.75) is 12.2 Å². The quantitative estimate of drug-likeness (QED) is 0.768. The normalized spacial score (nSPS) is 11.8. The summed E-state index contributed by atoms with van der Waals surface area (Å²) in [5.41, 5.74) is 6.16. The van der Waals surface area contributed by atoms with Crippen molar-refractivity contribution in [2.24, 2.45) is 5.73 Å². The number of nitriles is 1. The van der Waals surface area contributed by atoms with E-state index < -0.39 is 0 Å². The summed E-state index contributed by atoms with van der Waals surface area (Å²) >= 11 is 1.80. The van der Waals surface area contributed by atoms with Gasteiger partial charge in [0, 0.05) is 17.5 Å². The molecule has 2 N–H and O–H groups in total. The Bertz CT molecular complexity index is 345. The molecule has 0 saturated heterocycles. The Morgan fingerprint density at radius 1 is 1.44 bits per heavy atom. The molecule has 3 nitrogen and oxygen atoms in total. The maximum absolute atomic E-state index is 8.62. The van der Waals surface area contributed by atoms with Gasteiger partial charge < -0.3 is 10.5 Å². The molecule has 1 aromatic carbocycles. The second-order valence-electron chi connectivity index (χ2n) is 3.40. The highest BCUT2D eigenvalue weighted by Gasteiger charge is 1.99. The molecule has 0 radical (unpaired) electrons. The molecule has 0 aliphatic carbocycles. The third kappa shape index (κ3) is 4.56. The number of nitrogens with zero attached hydrogens (tertiary/aromatic N) is 1. The van der Waals surface area contributed by atoms with Crippen molar-refractivity contribution in [2.75, 3.05) is 18.9 Å². The van der Waals surface area contributed by atoms with E-state index >= 15 is 0 Å². The molecule has 1 aromatic rings. The summed E-state index contributed by atoms with van der Waals surface area (Å²) in [6.45, 7) is 3.47. The van der Waals surface area contributed by atoms with Crippen LogP contribution in [0.15, 0.2) is 24.3 Å². The van der Waals surface area contributed by atoms with Crippen LogP contribution in [-0.4, -0.2) is 24.2 Å². The Morgan fingerprint density at radius 2 is 2.12 bits per heavy atom. The Hall–Kier alpha value is -1.18. The average Bonchev–Trinajstić information content (AvgIpc) is 2.35. The summed E-state index contributed by atoms with van der Waals surface area (Å²) in [6.07, 6.45) is 0. The monoisotopic (exact) mass is 236 g/mol. The number of benzene rings is 1. The minimum atomic E-state index is 0.476. The Morgan fingerprint density at radius 3 is 2.69 bits per heavy atom. The van der Waals surface area contributed by atoms with Crippen molar-refractivity contribution in [3.8, 4) is 11.8 Å². The summed E-state index contributed by atoms with van der Waals surface area (Å²) in [5, 5.41) is 9.10. The van der Waals surface area contributed by atoms with Crippen molar-refractivity contribution in [1.82, 2.24) is 0 Å². The van der Waals surface area contributed by atoms with Crippen LogP contribution >= 0.6 is 11.8 Å². The lowest BCUT2D eigenvalue weighted by atomic mass is 10.2. The Balaban J connectivity index is 2.25. The standard InChI is InChI=1S/C12H16N2OS/c1-10(8-13)16-7-6-15-12-4-2-11(9-14)3-5-12/h2-5,10H,6-8,13H2,1H3. The summed E-state index contributed by atoms with van der Waals surface area (Å²) in [6, 6.07) is 9.21. The highest BCUT2D eigenvalue weighted by molar-refractivity contribution is 7.99. The molecular formula is C12H16N2OS. The number of nitrogens with two attached hydrogens (primary N) is 1. The second kappa shape index (κ2) is 7.15. The molecule has 4 heteroatoms. The molecule has 16 heavy (non-hydrogen) atoms. The topological polar surface area (TPSA) is 59.0 Å². The molecule has 0 spiro atoms. The maximum atomic E-state index is 8.62. The summed E-state index contributed by atoms with van der Waals surface area (Å²) in [7, 11) is 0. The third-order valence-electron chi connectivity index (χ3n) is 2.07. The predicted octanol–water partition coefficient (Wildman–Crippen LogP) is 2.02. The van der Waals surface area contributed by atoms with Gasteiger partial charge in [0.25, 0.3) is 0 Å². The lowest BCUT2D eigenvalue weighted by Crippen LogP contribution is -2.14. The van der Waals surface area contributed by atoms with Crippen molar-refractivity contribution in [3.05, 3.63) is 29.8 Å². The van der Waals surface area contributed by atoms with E-state index in [0.29, 0.717) is 24.0 Å². The van der Waals surface area contributed by atoms with Gasteiger partial charge in [-0.3, -0.25) is 0 Å². The number of rotatable bonds is 6. The molecule has 0 amide bonds. The fraction of sp³-hybridized carbons (Fsp3) is 0.417.